The highest BCUT2D eigenvalue weighted by atomic mass is 79.9. The zero-order chi connectivity index (χ0) is 8.43. The maximum atomic E-state index is 9.16. The van der Waals surface area contributed by atoms with E-state index < -0.39 is 0 Å². The average molecular weight is 216 g/mol. The van der Waals surface area contributed by atoms with E-state index in [-0.39, 0.29) is 11.8 Å². The van der Waals surface area contributed by atoms with Crippen molar-refractivity contribution in [1.29, 1.82) is 0 Å². The van der Waals surface area contributed by atoms with Gasteiger partial charge < -0.3 is 10.8 Å². The molecule has 11 heavy (non-hydrogen) atoms. The lowest BCUT2D eigenvalue weighted by Crippen LogP contribution is -2.04. The van der Waals surface area contributed by atoms with E-state index in [1.807, 2.05) is 13.0 Å². The number of aromatic hydroxyl groups is 1. The van der Waals surface area contributed by atoms with E-state index in [4.69, 9.17) is 10.8 Å². The molecule has 60 valence electrons. The van der Waals surface area contributed by atoms with Crippen molar-refractivity contribution in [2.24, 2.45) is 5.73 Å². The van der Waals surface area contributed by atoms with Gasteiger partial charge in [-0.2, -0.15) is 0 Å². The van der Waals surface area contributed by atoms with Crippen molar-refractivity contribution in [2.45, 2.75) is 13.0 Å². The standard InChI is InChI=1S/C8H10BrNO/c1-5(10)6-2-7(9)4-8(11)3-6/h2-5,11H,10H2,1H3/t5-/m1/s1. The number of hydrogen-bond donors (Lipinski definition) is 2. The monoisotopic (exact) mass is 215 g/mol. The van der Waals surface area contributed by atoms with Crippen molar-refractivity contribution in [3.8, 4) is 5.75 Å². The molecule has 0 aromatic heterocycles. The number of halogens is 1. The Morgan fingerprint density at radius 3 is 2.55 bits per heavy atom. The summed E-state index contributed by atoms with van der Waals surface area (Å²) in [6.07, 6.45) is 0. The largest absolute Gasteiger partial charge is 0.508 e. The lowest BCUT2D eigenvalue weighted by molar-refractivity contribution is 0.473. The molecule has 1 rings (SSSR count). The van der Waals surface area contributed by atoms with Gasteiger partial charge in [-0.05, 0) is 30.7 Å². The van der Waals surface area contributed by atoms with E-state index in [0.29, 0.717) is 0 Å². The lowest BCUT2D eigenvalue weighted by atomic mass is 10.1. The Labute approximate surface area is 74.2 Å². The van der Waals surface area contributed by atoms with Crippen LogP contribution in [0.25, 0.3) is 0 Å². The molecule has 0 aliphatic rings. The molecule has 0 bridgehead atoms. The van der Waals surface area contributed by atoms with Crippen LogP contribution in [0.3, 0.4) is 0 Å². The van der Waals surface area contributed by atoms with Gasteiger partial charge in [0.2, 0.25) is 0 Å². The minimum Gasteiger partial charge on any atom is -0.508 e. The van der Waals surface area contributed by atoms with Crippen LogP contribution in [0, 0.1) is 0 Å². The fourth-order valence-electron chi connectivity index (χ4n) is 0.859. The summed E-state index contributed by atoms with van der Waals surface area (Å²) in [4.78, 5) is 0. The maximum absolute atomic E-state index is 9.16. The molecule has 1 aromatic rings. The number of hydrogen-bond acceptors (Lipinski definition) is 2. The topological polar surface area (TPSA) is 46.2 Å². The normalized spacial score (nSPS) is 13.0. The van der Waals surface area contributed by atoms with Crippen molar-refractivity contribution < 1.29 is 5.11 Å². The Kier molecular flexibility index (Phi) is 2.52. The molecule has 0 spiro atoms. The number of rotatable bonds is 1. The summed E-state index contributed by atoms with van der Waals surface area (Å²) >= 11 is 3.27. The van der Waals surface area contributed by atoms with Crippen molar-refractivity contribution in [2.75, 3.05) is 0 Å². The molecule has 0 heterocycles. The summed E-state index contributed by atoms with van der Waals surface area (Å²) in [7, 11) is 0. The Hall–Kier alpha value is -0.540. The third-order valence-corrected chi connectivity index (χ3v) is 1.89. The summed E-state index contributed by atoms with van der Waals surface area (Å²) < 4.78 is 0.852. The minimum absolute atomic E-state index is 0.0431. The molecule has 1 aromatic carbocycles. The van der Waals surface area contributed by atoms with E-state index in [2.05, 4.69) is 15.9 Å². The van der Waals surface area contributed by atoms with Gasteiger partial charge in [-0.25, -0.2) is 0 Å². The summed E-state index contributed by atoms with van der Waals surface area (Å²) in [5, 5.41) is 9.16. The second-order valence-electron chi connectivity index (χ2n) is 2.53. The predicted molar refractivity (Wildman–Crippen MR) is 48.4 cm³/mol. The first-order valence-electron chi connectivity index (χ1n) is 3.34. The van der Waals surface area contributed by atoms with Crippen LogP contribution in [0.1, 0.15) is 18.5 Å². The van der Waals surface area contributed by atoms with E-state index in [1.165, 1.54) is 0 Å². The smallest absolute Gasteiger partial charge is 0.117 e. The average Bonchev–Trinajstić information content (AvgIpc) is 1.85. The van der Waals surface area contributed by atoms with E-state index >= 15 is 0 Å². The highest BCUT2D eigenvalue weighted by molar-refractivity contribution is 9.10. The van der Waals surface area contributed by atoms with Crippen LogP contribution in [-0.2, 0) is 0 Å². The second kappa shape index (κ2) is 3.24. The first-order chi connectivity index (χ1) is 5.09. The van der Waals surface area contributed by atoms with Gasteiger partial charge in [0, 0.05) is 10.5 Å². The molecule has 0 unspecified atom stereocenters. The molecule has 0 aliphatic heterocycles. The van der Waals surface area contributed by atoms with Gasteiger partial charge in [0.1, 0.15) is 5.75 Å². The molecule has 3 heteroatoms. The molecule has 0 aliphatic carbocycles. The Morgan fingerprint density at radius 2 is 2.09 bits per heavy atom. The van der Waals surface area contributed by atoms with Gasteiger partial charge in [0.05, 0.1) is 0 Å². The van der Waals surface area contributed by atoms with Crippen LogP contribution in [0.4, 0.5) is 0 Å². The third-order valence-electron chi connectivity index (χ3n) is 1.43. The quantitative estimate of drug-likeness (QED) is 0.755. The number of phenolic OH excluding ortho intramolecular Hbond substituents is 1. The van der Waals surface area contributed by atoms with Crippen LogP contribution >= 0.6 is 15.9 Å². The van der Waals surface area contributed by atoms with Gasteiger partial charge in [-0.3, -0.25) is 0 Å². The van der Waals surface area contributed by atoms with Crippen LogP contribution < -0.4 is 5.73 Å². The van der Waals surface area contributed by atoms with E-state index in [0.717, 1.165) is 10.0 Å². The third kappa shape index (κ3) is 2.20. The van der Waals surface area contributed by atoms with E-state index in [1.54, 1.807) is 12.1 Å². The zero-order valence-corrected chi connectivity index (χ0v) is 7.80. The number of nitrogens with two attached hydrogens (primary N) is 1. The summed E-state index contributed by atoms with van der Waals surface area (Å²) in [5.74, 6) is 0.242. The van der Waals surface area contributed by atoms with Crippen molar-refractivity contribution in [3.05, 3.63) is 28.2 Å². The minimum atomic E-state index is -0.0431. The molecule has 0 fully saturated rings. The SMILES string of the molecule is C[C@@H](N)c1cc(O)cc(Br)c1. The van der Waals surface area contributed by atoms with Crippen LogP contribution in [-0.4, -0.2) is 5.11 Å². The van der Waals surface area contributed by atoms with Crippen molar-refractivity contribution >= 4 is 15.9 Å². The Morgan fingerprint density at radius 1 is 1.45 bits per heavy atom. The lowest BCUT2D eigenvalue weighted by Gasteiger charge is -2.05. The van der Waals surface area contributed by atoms with Crippen LogP contribution in [0.15, 0.2) is 22.7 Å². The first kappa shape index (κ1) is 8.56. The first-order valence-corrected chi connectivity index (χ1v) is 4.14. The highest BCUT2D eigenvalue weighted by Crippen LogP contribution is 2.22. The molecule has 3 N–H and O–H groups in total. The van der Waals surface area contributed by atoms with Gasteiger partial charge in [-0.1, -0.05) is 15.9 Å². The van der Waals surface area contributed by atoms with Gasteiger partial charge in [0.25, 0.3) is 0 Å². The van der Waals surface area contributed by atoms with Gasteiger partial charge in [0.15, 0.2) is 0 Å². The Bertz CT molecular complexity index is 240. The summed E-state index contributed by atoms with van der Waals surface area (Å²) in [5.41, 5.74) is 6.55. The molecule has 0 radical (unpaired) electrons. The zero-order valence-electron chi connectivity index (χ0n) is 6.21. The molecule has 1 atom stereocenters. The summed E-state index contributed by atoms with van der Waals surface area (Å²) in [6, 6.07) is 5.14. The van der Waals surface area contributed by atoms with Crippen LogP contribution in [0.5, 0.6) is 5.75 Å². The van der Waals surface area contributed by atoms with E-state index in [9.17, 15) is 0 Å². The maximum Gasteiger partial charge on any atom is 0.117 e. The van der Waals surface area contributed by atoms with Gasteiger partial charge >= 0.3 is 0 Å². The Balaban J connectivity index is 3.08. The number of benzene rings is 1. The molecule has 0 saturated heterocycles. The van der Waals surface area contributed by atoms with Crippen LogP contribution in [0.2, 0.25) is 0 Å². The second-order valence-corrected chi connectivity index (χ2v) is 3.45. The highest BCUT2D eigenvalue weighted by Gasteiger charge is 2.01. The molecular weight excluding hydrogens is 206 g/mol. The van der Waals surface area contributed by atoms with Crippen molar-refractivity contribution in [1.82, 2.24) is 0 Å². The summed E-state index contributed by atoms with van der Waals surface area (Å²) in [6.45, 7) is 1.88. The van der Waals surface area contributed by atoms with Crippen molar-refractivity contribution in [3.63, 3.8) is 0 Å². The fraction of sp³-hybridized carbons (Fsp3) is 0.250. The fourth-order valence-corrected chi connectivity index (χ4v) is 1.36. The predicted octanol–water partition coefficient (Wildman–Crippen LogP) is 2.17. The number of phenols is 1. The molecule has 2 nitrogen and oxygen atoms in total. The molecule has 0 amide bonds. The molecule has 0 saturated carbocycles. The van der Waals surface area contributed by atoms with Gasteiger partial charge in [-0.15, -0.1) is 0 Å². The molecular formula is C8H10BrNO.